The number of nitrogens with two attached hydrogens (primary N) is 1. The highest BCUT2D eigenvalue weighted by atomic mass is 35.5. The van der Waals surface area contributed by atoms with Gasteiger partial charge in [0, 0.05) is 30.3 Å². The van der Waals surface area contributed by atoms with Crippen LogP contribution >= 0.6 is 12.4 Å². The third kappa shape index (κ3) is 6.54. The molecule has 1 unspecified atom stereocenters. The molecule has 0 radical (unpaired) electrons. The van der Waals surface area contributed by atoms with Gasteiger partial charge < -0.3 is 16.4 Å². The molecule has 5 nitrogen and oxygen atoms in total. The largest absolute Gasteiger partial charge is 0.352 e. The van der Waals surface area contributed by atoms with Crippen molar-refractivity contribution in [3.8, 4) is 0 Å². The van der Waals surface area contributed by atoms with Crippen molar-refractivity contribution >= 4 is 29.9 Å². The van der Waals surface area contributed by atoms with Gasteiger partial charge in [-0.3, -0.25) is 9.59 Å². The number of hydrogen-bond donors (Lipinski definition) is 3. The van der Waals surface area contributed by atoms with Gasteiger partial charge in [0.15, 0.2) is 0 Å². The van der Waals surface area contributed by atoms with Crippen LogP contribution in [0.3, 0.4) is 0 Å². The molecular weight excluding hydrogens is 278 g/mol. The summed E-state index contributed by atoms with van der Waals surface area (Å²) in [6.45, 7) is 4.22. The van der Waals surface area contributed by atoms with Crippen molar-refractivity contribution in [1.82, 2.24) is 5.32 Å². The van der Waals surface area contributed by atoms with Gasteiger partial charge in [-0.2, -0.15) is 0 Å². The van der Waals surface area contributed by atoms with E-state index in [0.717, 1.165) is 6.42 Å². The Kier molecular flexibility index (Phi) is 8.59. The smallest absolute Gasteiger partial charge is 0.251 e. The molecule has 4 N–H and O–H groups in total. The quantitative estimate of drug-likeness (QED) is 0.750. The third-order valence-electron chi connectivity index (χ3n) is 2.61. The van der Waals surface area contributed by atoms with E-state index in [-0.39, 0.29) is 30.3 Å². The normalized spacial score (nSPS) is 11.2. The van der Waals surface area contributed by atoms with E-state index < -0.39 is 0 Å². The molecule has 1 aromatic rings. The fourth-order valence-electron chi connectivity index (χ4n) is 1.50. The average molecular weight is 300 g/mol. The van der Waals surface area contributed by atoms with Gasteiger partial charge in [-0.15, -0.1) is 12.4 Å². The first-order chi connectivity index (χ1) is 9.02. The Bertz CT molecular complexity index is 450. The number of halogens is 1. The first-order valence-corrected chi connectivity index (χ1v) is 6.46. The van der Waals surface area contributed by atoms with Crippen molar-refractivity contribution in [1.29, 1.82) is 0 Å². The molecule has 0 aliphatic rings. The lowest BCUT2D eigenvalue weighted by molar-refractivity contribution is -0.115. The molecule has 2 amide bonds. The molecule has 1 aromatic carbocycles. The molecule has 1 atom stereocenters. The Labute approximate surface area is 125 Å². The molecule has 0 aliphatic carbocycles. The molecule has 0 fully saturated rings. The summed E-state index contributed by atoms with van der Waals surface area (Å²) in [4.78, 5) is 23.2. The zero-order valence-electron chi connectivity index (χ0n) is 11.8. The SMILES string of the molecule is CCC(=O)Nc1cccc(C(=O)NCCC(C)N)c1.Cl. The van der Waals surface area contributed by atoms with E-state index in [4.69, 9.17) is 5.73 Å². The summed E-state index contributed by atoms with van der Waals surface area (Å²) in [7, 11) is 0. The van der Waals surface area contributed by atoms with Crippen LogP contribution in [0.15, 0.2) is 24.3 Å². The number of rotatable bonds is 6. The number of amides is 2. The predicted molar refractivity (Wildman–Crippen MR) is 83.2 cm³/mol. The predicted octanol–water partition coefficient (Wildman–Crippen LogP) is 1.92. The minimum Gasteiger partial charge on any atom is -0.352 e. The molecule has 0 spiro atoms. The second kappa shape index (κ2) is 9.34. The van der Waals surface area contributed by atoms with Gasteiger partial charge in [-0.25, -0.2) is 0 Å². The number of anilines is 1. The van der Waals surface area contributed by atoms with Crippen LogP contribution in [0.1, 0.15) is 37.0 Å². The van der Waals surface area contributed by atoms with E-state index in [1.54, 1.807) is 31.2 Å². The molecule has 0 saturated heterocycles. The lowest BCUT2D eigenvalue weighted by atomic mass is 10.1. The van der Waals surface area contributed by atoms with Crippen LogP contribution in [0.5, 0.6) is 0 Å². The van der Waals surface area contributed by atoms with Crippen molar-refractivity contribution in [2.75, 3.05) is 11.9 Å². The van der Waals surface area contributed by atoms with E-state index in [1.807, 2.05) is 6.92 Å². The second-order valence-corrected chi connectivity index (χ2v) is 4.50. The van der Waals surface area contributed by atoms with Gasteiger partial charge in [0.1, 0.15) is 0 Å². The van der Waals surface area contributed by atoms with E-state index in [1.165, 1.54) is 0 Å². The molecule has 6 heteroatoms. The number of carbonyl (C=O) groups excluding carboxylic acids is 2. The maximum Gasteiger partial charge on any atom is 0.251 e. The van der Waals surface area contributed by atoms with Crippen molar-refractivity contribution in [2.24, 2.45) is 5.73 Å². The Morgan fingerprint density at radius 3 is 2.65 bits per heavy atom. The molecule has 0 heterocycles. The topological polar surface area (TPSA) is 84.2 Å². The maximum absolute atomic E-state index is 11.9. The summed E-state index contributed by atoms with van der Waals surface area (Å²) in [5, 5.41) is 5.52. The molecule has 0 bridgehead atoms. The molecule has 0 saturated carbocycles. The van der Waals surface area contributed by atoms with Crippen LogP contribution in [0.2, 0.25) is 0 Å². The van der Waals surface area contributed by atoms with Gasteiger partial charge in [-0.1, -0.05) is 13.0 Å². The number of benzene rings is 1. The van der Waals surface area contributed by atoms with Crippen LogP contribution < -0.4 is 16.4 Å². The zero-order valence-corrected chi connectivity index (χ0v) is 12.6. The van der Waals surface area contributed by atoms with Crippen molar-refractivity contribution in [3.63, 3.8) is 0 Å². The van der Waals surface area contributed by atoms with Crippen LogP contribution in [-0.4, -0.2) is 24.4 Å². The maximum atomic E-state index is 11.9. The molecule has 0 aliphatic heterocycles. The molecule has 20 heavy (non-hydrogen) atoms. The monoisotopic (exact) mass is 299 g/mol. The number of hydrogen-bond acceptors (Lipinski definition) is 3. The second-order valence-electron chi connectivity index (χ2n) is 4.50. The Morgan fingerprint density at radius 1 is 1.35 bits per heavy atom. The van der Waals surface area contributed by atoms with E-state index in [0.29, 0.717) is 24.2 Å². The number of carbonyl (C=O) groups is 2. The lowest BCUT2D eigenvalue weighted by Gasteiger charge is -2.09. The van der Waals surface area contributed by atoms with E-state index >= 15 is 0 Å². The molecule has 0 aromatic heterocycles. The molecule has 112 valence electrons. The summed E-state index contributed by atoms with van der Waals surface area (Å²) in [6.07, 6.45) is 1.14. The summed E-state index contributed by atoms with van der Waals surface area (Å²) in [5.74, 6) is -0.234. The van der Waals surface area contributed by atoms with Gasteiger partial charge in [-0.05, 0) is 31.5 Å². The van der Waals surface area contributed by atoms with Crippen molar-refractivity contribution in [2.45, 2.75) is 32.7 Å². The fourth-order valence-corrected chi connectivity index (χ4v) is 1.50. The Balaban J connectivity index is 0.00000361. The summed E-state index contributed by atoms with van der Waals surface area (Å²) in [5.41, 5.74) is 6.77. The summed E-state index contributed by atoms with van der Waals surface area (Å²) >= 11 is 0. The van der Waals surface area contributed by atoms with Gasteiger partial charge in [0.2, 0.25) is 5.91 Å². The number of nitrogens with one attached hydrogen (secondary N) is 2. The van der Waals surface area contributed by atoms with Crippen LogP contribution in [0.4, 0.5) is 5.69 Å². The van der Waals surface area contributed by atoms with E-state index in [2.05, 4.69) is 10.6 Å². The first-order valence-electron chi connectivity index (χ1n) is 6.46. The highest BCUT2D eigenvalue weighted by molar-refractivity contribution is 5.97. The standard InChI is InChI=1S/C14H21N3O2.ClH/c1-3-13(18)17-12-6-4-5-11(9-12)14(19)16-8-7-10(2)15;/h4-6,9-10H,3,7-8,15H2,1-2H3,(H,16,19)(H,17,18);1H. The average Bonchev–Trinajstić information content (AvgIpc) is 2.38. The summed E-state index contributed by atoms with van der Waals surface area (Å²) in [6, 6.07) is 6.94. The van der Waals surface area contributed by atoms with Crippen LogP contribution in [-0.2, 0) is 4.79 Å². The molecule has 1 rings (SSSR count). The van der Waals surface area contributed by atoms with Crippen molar-refractivity contribution < 1.29 is 9.59 Å². The van der Waals surface area contributed by atoms with Crippen LogP contribution in [0, 0.1) is 0 Å². The first kappa shape index (κ1) is 18.4. The highest BCUT2D eigenvalue weighted by Gasteiger charge is 2.07. The van der Waals surface area contributed by atoms with Gasteiger partial charge in [0.25, 0.3) is 5.91 Å². The minimum absolute atomic E-state index is 0. The highest BCUT2D eigenvalue weighted by Crippen LogP contribution is 2.11. The Morgan fingerprint density at radius 2 is 2.05 bits per heavy atom. The molecular formula is C14H22ClN3O2. The third-order valence-corrected chi connectivity index (χ3v) is 2.61. The minimum atomic E-state index is -0.159. The lowest BCUT2D eigenvalue weighted by Crippen LogP contribution is -2.29. The fraction of sp³-hybridized carbons (Fsp3) is 0.429. The van der Waals surface area contributed by atoms with Gasteiger partial charge in [0.05, 0.1) is 0 Å². The van der Waals surface area contributed by atoms with Crippen molar-refractivity contribution in [3.05, 3.63) is 29.8 Å². The van der Waals surface area contributed by atoms with Crippen LogP contribution in [0.25, 0.3) is 0 Å². The van der Waals surface area contributed by atoms with Gasteiger partial charge >= 0.3 is 0 Å². The van der Waals surface area contributed by atoms with E-state index in [9.17, 15) is 9.59 Å². The summed E-state index contributed by atoms with van der Waals surface area (Å²) < 4.78 is 0. The zero-order chi connectivity index (χ0) is 14.3. The Hall–Kier alpha value is -1.59.